The average molecular weight is 356 g/mol. The van der Waals surface area contributed by atoms with E-state index in [0.717, 1.165) is 0 Å². The van der Waals surface area contributed by atoms with Crippen LogP contribution in [0, 0.1) is 6.92 Å². The Bertz CT molecular complexity index is 706. The van der Waals surface area contributed by atoms with Gasteiger partial charge in [0.2, 0.25) is 0 Å². The van der Waals surface area contributed by atoms with Crippen molar-refractivity contribution in [2.24, 2.45) is 5.73 Å². The van der Waals surface area contributed by atoms with Gasteiger partial charge in [-0.05, 0) is 27.7 Å². The van der Waals surface area contributed by atoms with Gasteiger partial charge in [0, 0.05) is 24.7 Å². The minimum Gasteiger partial charge on any atom is -0.370 e. The Morgan fingerprint density at radius 1 is 1.46 bits per heavy atom. The van der Waals surface area contributed by atoms with Crippen molar-refractivity contribution in [3.05, 3.63) is 32.6 Å². The van der Waals surface area contributed by atoms with Gasteiger partial charge in [0.05, 0.1) is 26.6 Å². The molecular weight excluding hydrogens is 326 g/mol. The molecule has 8 heteroatoms. The number of nitrogens with one attached hydrogen (secondary N) is 1. The maximum Gasteiger partial charge on any atom is 0.330 e. The molecule has 3 N–H and O–H groups in total. The third-order valence-corrected chi connectivity index (χ3v) is 6.89. The van der Waals surface area contributed by atoms with Crippen molar-refractivity contribution in [3.63, 3.8) is 0 Å². The van der Waals surface area contributed by atoms with Crippen LogP contribution in [0.25, 0.3) is 0 Å². The SMILES string of the molecule is Cc1cn([C@@]2([SiH](C)C)C[C@H](OC(C)(C)C)[C@@H](CN)O2)c(=O)[nH]c1=O. The molecule has 1 saturated heterocycles. The number of hydrogen-bond donors (Lipinski definition) is 2. The summed E-state index contributed by atoms with van der Waals surface area (Å²) in [7, 11) is -1.53. The summed E-state index contributed by atoms with van der Waals surface area (Å²) in [4.78, 5) is 26.5. The number of nitrogens with zero attached hydrogens (tertiary/aromatic N) is 1. The van der Waals surface area contributed by atoms with Crippen molar-refractivity contribution in [2.75, 3.05) is 6.54 Å². The molecule has 0 saturated carbocycles. The van der Waals surface area contributed by atoms with Gasteiger partial charge in [-0.1, -0.05) is 13.1 Å². The molecule has 0 radical (unpaired) electrons. The second kappa shape index (κ2) is 6.59. The van der Waals surface area contributed by atoms with E-state index in [9.17, 15) is 9.59 Å². The van der Waals surface area contributed by atoms with E-state index in [0.29, 0.717) is 18.5 Å². The molecule has 7 nitrogen and oxygen atoms in total. The summed E-state index contributed by atoms with van der Waals surface area (Å²) in [5, 5.41) is -0.758. The molecule has 24 heavy (non-hydrogen) atoms. The fraction of sp³-hybridized carbons (Fsp3) is 0.750. The van der Waals surface area contributed by atoms with Crippen LogP contribution in [0.5, 0.6) is 0 Å². The first kappa shape index (κ1) is 19.1. The van der Waals surface area contributed by atoms with Crippen molar-refractivity contribution < 1.29 is 9.47 Å². The number of hydrogen-bond acceptors (Lipinski definition) is 5. The van der Waals surface area contributed by atoms with Gasteiger partial charge in [-0.15, -0.1) is 0 Å². The quantitative estimate of drug-likeness (QED) is 0.764. The summed E-state index contributed by atoms with van der Waals surface area (Å²) >= 11 is 0. The Kier molecular flexibility index (Phi) is 5.24. The van der Waals surface area contributed by atoms with Crippen LogP contribution >= 0.6 is 0 Å². The lowest BCUT2D eigenvalue weighted by Gasteiger charge is -2.34. The molecule has 3 atom stereocenters. The normalized spacial score (nSPS) is 27.8. The lowest BCUT2D eigenvalue weighted by atomic mass is 10.1. The number of aromatic nitrogens is 2. The third-order valence-electron chi connectivity index (χ3n) is 4.43. The Morgan fingerprint density at radius 3 is 2.58 bits per heavy atom. The molecule has 0 aliphatic carbocycles. The average Bonchev–Trinajstić information content (AvgIpc) is 2.80. The first-order chi connectivity index (χ1) is 11.0. The molecule has 0 spiro atoms. The van der Waals surface area contributed by atoms with Crippen LogP contribution in [0.1, 0.15) is 32.8 Å². The molecule has 1 fully saturated rings. The van der Waals surface area contributed by atoms with Crippen LogP contribution in [0.3, 0.4) is 0 Å². The van der Waals surface area contributed by atoms with Crippen LogP contribution in [0.4, 0.5) is 0 Å². The largest absolute Gasteiger partial charge is 0.370 e. The summed E-state index contributed by atoms with van der Waals surface area (Å²) < 4.78 is 14.0. The summed E-state index contributed by atoms with van der Waals surface area (Å²) in [5.74, 6) is 0. The zero-order valence-corrected chi connectivity index (χ0v) is 16.5. The molecule has 0 unspecified atom stereocenters. The van der Waals surface area contributed by atoms with Crippen molar-refractivity contribution >= 4 is 8.80 Å². The molecule has 1 aliphatic rings. The monoisotopic (exact) mass is 355 g/mol. The predicted molar refractivity (Wildman–Crippen MR) is 96.1 cm³/mol. The molecule has 0 aromatic carbocycles. The lowest BCUT2D eigenvalue weighted by Crippen LogP contribution is -2.52. The van der Waals surface area contributed by atoms with Crippen molar-refractivity contribution in [1.82, 2.24) is 9.55 Å². The van der Waals surface area contributed by atoms with Crippen LogP contribution in [-0.2, 0) is 14.8 Å². The number of rotatable bonds is 4. The molecule has 1 aliphatic heterocycles. The number of H-pyrrole nitrogens is 1. The van der Waals surface area contributed by atoms with Gasteiger partial charge < -0.3 is 15.2 Å². The molecular formula is C16H29N3O4Si. The number of aromatic amines is 1. The highest BCUT2D eigenvalue weighted by Crippen LogP contribution is 2.39. The third kappa shape index (κ3) is 3.56. The summed E-state index contributed by atoms with van der Waals surface area (Å²) in [5.41, 5.74) is 5.24. The Balaban J connectivity index is 2.52. The summed E-state index contributed by atoms with van der Waals surface area (Å²) in [6.45, 7) is 12.2. The minimum absolute atomic E-state index is 0.191. The highest BCUT2D eigenvalue weighted by atomic mass is 28.3. The van der Waals surface area contributed by atoms with Gasteiger partial charge in [-0.25, -0.2) is 4.79 Å². The van der Waals surface area contributed by atoms with Gasteiger partial charge >= 0.3 is 5.69 Å². The van der Waals surface area contributed by atoms with E-state index in [-0.39, 0.29) is 23.4 Å². The van der Waals surface area contributed by atoms with Crippen LogP contribution in [-0.4, -0.2) is 42.7 Å². The van der Waals surface area contributed by atoms with Crippen molar-refractivity contribution in [2.45, 2.75) is 70.4 Å². The molecule has 0 bridgehead atoms. The van der Waals surface area contributed by atoms with Gasteiger partial charge in [-0.3, -0.25) is 14.3 Å². The maximum atomic E-state index is 12.5. The zero-order valence-electron chi connectivity index (χ0n) is 15.4. The van der Waals surface area contributed by atoms with Gasteiger partial charge in [0.15, 0.2) is 0 Å². The summed E-state index contributed by atoms with van der Waals surface area (Å²) in [6, 6.07) is 0. The second-order valence-electron chi connectivity index (χ2n) is 7.81. The first-order valence-corrected chi connectivity index (χ1v) is 11.3. The second-order valence-corrected chi connectivity index (χ2v) is 11.0. The number of ether oxygens (including phenoxy) is 2. The van der Waals surface area contributed by atoms with E-state index < -0.39 is 19.8 Å². The van der Waals surface area contributed by atoms with Crippen LogP contribution in [0.2, 0.25) is 13.1 Å². The lowest BCUT2D eigenvalue weighted by molar-refractivity contribution is -0.0959. The van der Waals surface area contributed by atoms with E-state index in [1.165, 1.54) is 0 Å². The topological polar surface area (TPSA) is 99.3 Å². The van der Waals surface area contributed by atoms with Crippen molar-refractivity contribution in [1.29, 1.82) is 0 Å². The zero-order chi connectivity index (χ0) is 18.3. The van der Waals surface area contributed by atoms with E-state index in [2.05, 4.69) is 18.1 Å². The first-order valence-electron chi connectivity index (χ1n) is 8.39. The van der Waals surface area contributed by atoms with E-state index in [4.69, 9.17) is 15.2 Å². The highest BCUT2D eigenvalue weighted by molar-refractivity contribution is 6.58. The summed E-state index contributed by atoms with van der Waals surface area (Å²) in [6.07, 6.45) is 1.69. The molecule has 2 rings (SSSR count). The van der Waals surface area contributed by atoms with Gasteiger partial charge in [0.25, 0.3) is 5.56 Å². The highest BCUT2D eigenvalue weighted by Gasteiger charge is 2.51. The molecule has 136 valence electrons. The standard InChI is InChI=1S/C16H29N3O4Si/c1-10-9-19(14(21)18-13(10)20)16(24(5)6)7-11(12(8-17)23-16)22-15(2,3)4/h9,11-12,24H,7-8,17H2,1-6H3,(H,18,20,21)/t11-,12+,16-/m0/s1. The smallest absolute Gasteiger partial charge is 0.330 e. The van der Waals surface area contributed by atoms with Crippen LogP contribution in [0.15, 0.2) is 15.8 Å². The van der Waals surface area contributed by atoms with E-state index >= 15 is 0 Å². The maximum absolute atomic E-state index is 12.5. The Morgan fingerprint density at radius 2 is 2.08 bits per heavy atom. The fourth-order valence-electron chi connectivity index (χ4n) is 3.23. The van der Waals surface area contributed by atoms with Gasteiger partial charge in [0.1, 0.15) is 5.35 Å². The van der Waals surface area contributed by atoms with Crippen molar-refractivity contribution in [3.8, 4) is 0 Å². The Labute approximate surface area is 143 Å². The molecule has 1 aromatic rings. The van der Waals surface area contributed by atoms with Crippen LogP contribution < -0.4 is 17.0 Å². The molecule has 1 aromatic heterocycles. The van der Waals surface area contributed by atoms with E-state index in [1.807, 2.05) is 20.8 Å². The number of nitrogens with two attached hydrogens (primary N) is 1. The Hall–Kier alpha value is -1.22. The number of aryl methyl sites for hydroxylation is 1. The molecule has 2 heterocycles. The fourth-order valence-corrected chi connectivity index (χ4v) is 5.13. The predicted octanol–water partition coefficient (Wildman–Crippen LogP) is 0.455. The minimum atomic E-state index is -1.53. The molecule has 0 amide bonds. The van der Waals surface area contributed by atoms with E-state index in [1.54, 1.807) is 17.7 Å². The van der Waals surface area contributed by atoms with Gasteiger partial charge in [-0.2, -0.15) is 0 Å².